The third-order valence-electron chi connectivity index (χ3n) is 5.82. The van der Waals surface area contributed by atoms with E-state index in [0.29, 0.717) is 11.1 Å². The van der Waals surface area contributed by atoms with Crippen molar-refractivity contribution in [2.24, 2.45) is 0 Å². The second kappa shape index (κ2) is 8.30. The van der Waals surface area contributed by atoms with E-state index in [1.54, 1.807) is 54.6 Å². The van der Waals surface area contributed by atoms with Crippen LogP contribution >= 0.6 is 11.3 Å². The molecule has 4 aromatic rings. The van der Waals surface area contributed by atoms with Crippen molar-refractivity contribution >= 4 is 27.2 Å². The van der Waals surface area contributed by atoms with Crippen molar-refractivity contribution in [3.8, 4) is 27.7 Å². The van der Waals surface area contributed by atoms with Crippen LogP contribution in [0.2, 0.25) is 0 Å². The molecular formula is C26H23NO4S. The van der Waals surface area contributed by atoms with Crippen LogP contribution in [0.15, 0.2) is 66.7 Å². The first-order valence-corrected chi connectivity index (χ1v) is 11.4. The summed E-state index contributed by atoms with van der Waals surface area (Å²) >= 11 is 1.45. The lowest BCUT2D eigenvalue weighted by Crippen LogP contribution is -2.53. The normalized spacial score (nSPS) is 14.4. The van der Waals surface area contributed by atoms with Crippen molar-refractivity contribution in [2.75, 3.05) is 19.6 Å². The molecule has 0 aliphatic carbocycles. The van der Waals surface area contributed by atoms with Gasteiger partial charge in [0.25, 0.3) is 0 Å². The average molecular weight is 446 g/mol. The minimum Gasteiger partial charge on any atom is -0.508 e. The van der Waals surface area contributed by atoms with Crippen LogP contribution in [0.5, 0.6) is 17.2 Å². The standard InChI is InChI=1S/C26H23NO4S/c1-2-27-14-21(15-27)31-20-10-5-16(6-11-20)25(30)24-22-12-9-19(29)13-23(22)32-26(24)17-3-7-18(28)8-4-17/h3-13,21,28-29H,2,14-15H2,1H3. The molecule has 0 unspecified atom stereocenters. The molecular weight excluding hydrogens is 422 g/mol. The number of hydrogen-bond acceptors (Lipinski definition) is 6. The first-order valence-electron chi connectivity index (χ1n) is 10.6. The van der Waals surface area contributed by atoms with Crippen LogP contribution < -0.4 is 4.74 Å². The summed E-state index contributed by atoms with van der Waals surface area (Å²) in [6.07, 6.45) is 0.200. The highest BCUT2D eigenvalue weighted by atomic mass is 32.1. The Morgan fingerprint density at radius 1 is 1.00 bits per heavy atom. The number of phenolic OH excluding ortho intramolecular Hbond substituents is 2. The number of thiophene rings is 1. The van der Waals surface area contributed by atoms with E-state index >= 15 is 0 Å². The van der Waals surface area contributed by atoms with E-state index in [9.17, 15) is 15.0 Å². The first-order chi connectivity index (χ1) is 15.5. The molecule has 162 valence electrons. The summed E-state index contributed by atoms with van der Waals surface area (Å²) in [5.74, 6) is 1.01. The van der Waals surface area contributed by atoms with Gasteiger partial charge in [-0.1, -0.05) is 6.92 Å². The lowest BCUT2D eigenvalue weighted by Gasteiger charge is -2.38. The summed E-state index contributed by atoms with van der Waals surface area (Å²) in [6.45, 7) is 5.03. The zero-order valence-corrected chi connectivity index (χ0v) is 18.4. The molecule has 1 fully saturated rings. The Bertz CT molecular complexity index is 1270. The number of aromatic hydroxyl groups is 2. The number of carbonyl (C=O) groups is 1. The molecule has 2 N–H and O–H groups in total. The third kappa shape index (κ3) is 3.83. The lowest BCUT2D eigenvalue weighted by atomic mass is 9.97. The maximum atomic E-state index is 13.6. The van der Waals surface area contributed by atoms with Crippen LogP contribution in [0.1, 0.15) is 22.8 Å². The quantitative estimate of drug-likeness (QED) is 0.395. The Hall–Kier alpha value is -3.35. The van der Waals surface area contributed by atoms with Crippen LogP contribution in [0, 0.1) is 0 Å². The molecule has 5 nitrogen and oxygen atoms in total. The number of phenols is 2. The van der Waals surface area contributed by atoms with Crippen LogP contribution in [-0.4, -0.2) is 46.6 Å². The van der Waals surface area contributed by atoms with E-state index in [-0.39, 0.29) is 23.4 Å². The minimum absolute atomic E-state index is 0.0858. The molecule has 0 saturated carbocycles. The van der Waals surface area contributed by atoms with Crippen molar-refractivity contribution < 1.29 is 19.7 Å². The summed E-state index contributed by atoms with van der Waals surface area (Å²) in [4.78, 5) is 16.7. The molecule has 32 heavy (non-hydrogen) atoms. The second-order valence-corrected chi connectivity index (χ2v) is 9.03. The number of carbonyl (C=O) groups excluding carboxylic acids is 1. The fourth-order valence-corrected chi connectivity index (χ4v) is 5.24. The number of ether oxygens (including phenoxy) is 1. The number of hydrogen-bond donors (Lipinski definition) is 2. The van der Waals surface area contributed by atoms with E-state index in [0.717, 1.165) is 45.9 Å². The SMILES string of the molecule is CCN1CC(Oc2ccc(C(=O)c3c(-c4ccc(O)cc4)sc4cc(O)ccc34)cc2)C1. The van der Waals surface area contributed by atoms with Gasteiger partial charge in [-0.3, -0.25) is 9.69 Å². The van der Waals surface area contributed by atoms with Gasteiger partial charge in [0.1, 0.15) is 23.4 Å². The molecule has 6 heteroatoms. The molecule has 0 radical (unpaired) electrons. The highest BCUT2D eigenvalue weighted by molar-refractivity contribution is 7.22. The van der Waals surface area contributed by atoms with Crippen molar-refractivity contribution in [3.63, 3.8) is 0 Å². The fourth-order valence-electron chi connectivity index (χ4n) is 4.00. The van der Waals surface area contributed by atoms with Crippen molar-refractivity contribution in [1.29, 1.82) is 0 Å². The van der Waals surface area contributed by atoms with Gasteiger partial charge in [0, 0.05) is 39.2 Å². The number of rotatable bonds is 6. The van der Waals surface area contributed by atoms with Gasteiger partial charge in [-0.05, 0) is 78.8 Å². The van der Waals surface area contributed by atoms with Gasteiger partial charge < -0.3 is 14.9 Å². The van der Waals surface area contributed by atoms with Gasteiger partial charge in [-0.15, -0.1) is 11.3 Å². The monoisotopic (exact) mass is 445 g/mol. The van der Waals surface area contributed by atoms with Crippen LogP contribution in [-0.2, 0) is 0 Å². The molecule has 3 aromatic carbocycles. The molecule has 5 rings (SSSR count). The predicted molar refractivity (Wildman–Crippen MR) is 127 cm³/mol. The van der Waals surface area contributed by atoms with Gasteiger partial charge in [0.05, 0.1) is 0 Å². The van der Waals surface area contributed by atoms with Crippen LogP contribution in [0.3, 0.4) is 0 Å². The Kier molecular flexibility index (Phi) is 5.33. The van der Waals surface area contributed by atoms with E-state index in [1.807, 2.05) is 12.1 Å². The van der Waals surface area contributed by atoms with Gasteiger partial charge in [-0.2, -0.15) is 0 Å². The molecule has 0 bridgehead atoms. The zero-order chi connectivity index (χ0) is 22.2. The van der Waals surface area contributed by atoms with Crippen LogP contribution in [0.4, 0.5) is 0 Å². The number of nitrogens with zero attached hydrogens (tertiary/aromatic N) is 1. The number of likely N-dealkylation sites (N-methyl/N-ethyl adjacent to an activating group) is 1. The molecule has 1 aliphatic heterocycles. The summed E-state index contributed by atoms with van der Waals surface area (Å²) in [6, 6.07) is 19.2. The molecule has 2 heterocycles. The van der Waals surface area contributed by atoms with E-state index in [2.05, 4.69) is 11.8 Å². The topological polar surface area (TPSA) is 70.0 Å². The van der Waals surface area contributed by atoms with Gasteiger partial charge in [-0.25, -0.2) is 0 Å². The Balaban J connectivity index is 1.48. The second-order valence-electron chi connectivity index (χ2n) is 7.98. The Labute approximate surface area is 190 Å². The Morgan fingerprint density at radius 3 is 2.38 bits per heavy atom. The fraction of sp³-hybridized carbons (Fsp3) is 0.192. The number of ketones is 1. The van der Waals surface area contributed by atoms with Gasteiger partial charge in [0.15, 0.2) is 5.78 Å². The first kappa shape index (κ1) is 20.5. The summed E-state index contributed by atoms with van der Waals surface area (Å²) in [7, 11) is 0. The highest BCUT2D eigenvalue weighted by Crippen LogP contribution is 2.41. The summed E-state index contributed by atoms with van der Waals surface area (Å²) < 4.78 is 6.83. The van der Waals surface area contributed by atoms with Crippen LogP contribution in [0.25, 0.3) is 20.5 Å². The molecule has 1 aromatic heterocycles. The maximum Gasteiger partial charge on any atom is 0.195 e. The van der Waals surface area contributed by atoms with E-state index < -0.39 is 0 Å². The lowest BCUT2D eigenvalue weighted by molar-refractivity contribution is 0.0238. The van der Waals surface area contributed by atoms with Crippen molar-refractivity contribution in [2.45, 2.75) is 13.0 Å². The third-order valence-corrected chi connectivity index (χ3v) is 7.02. The summed E-state index contributed by atoms with van der Waals surface area (Å²) in [5, 5.41) is 20.4. The molecule has 0 spiro atoms. The van der Waals surface area contributed by atoms with Gasteiger partial charge >= 0.3 is 0 Å². The Morgan fingerprint density at radius 2 is 1.69 bits per heavy atom. The number of likely N-dealkylation sites (tertiary alicyclic amines) is 1. The van der Waals surface area contributed by atoms with Crippen molar-refractivity contribution in [3.05, 3.63) is 77.9 Å². The number of benzene rings is 3. The van der Waals surface area contributed by atoms with Gasteiger partial charge in [0.2, 0.25) is 0 Å². The number of fused-ring (bicyclic) bond motifs is 1. The molecule has 1 saturated heterocycles. The predicted octanol–water partition coefficient (Wildman–Crippen LogP) is 5.29. The molecule has 0 amide bonds. The molecule has 1 aliphatic rings. The van der Waals surface area contributed by atoms with E-state index in [1.165, 1.54) is 11.3 Å². The summed E-state index contributed by atoms with van der Waals surface area (Å²) in [5.41, 5.74) is 2.02. The maximum absolute atomic E-state index is 13.6. The zero-order valence-electron chi connectivity index (χ0n) is 17.6. The van der Waals surface area contributed by atoms with Crippen molar-refractivity contribution in [1.82, 2.24) is 4.90 Å². The van der Waals surface area contributed by atoms with E-state index in [4.69, 9.17) is 4.74 Å². The minimum atomic E-state index is -0.0858. The average Bonchev–Trinajstić information content (AvgIpc) is 3.14. The highest BCUT2D eigenvalue weighted by Gasteiger charge is 2.27. The largest absolute Gasteiger partial charge is 0.508 e. The smallest absolute Gasteiger partial charge is 0.195 e. The molecule has 0 atom stereocenters.